The first-order valence-electron chi connectivity index (χ1n) is 9.97. The van der Waals surface area contributed by atoms with Crippen LogP contribution in [0.1, 0.15) is 42.4 Å². The summed E-state index contributed by atoms with van der Waals surface area (Å²) in [5.41, 5.74) is 3.71. The van der Waals surface area contributed by atoms with E-state index in [4.69, 9.17) is 0 Å². The van der Waals surface area contributed by atoms with Crippen LogP contribution in [-0.2, 0) is 6.54 Å². The van der Waals surface area contributed by atoms with Gasteiger partial charge in [0.1, 0.15) is 11.6 Å². The molecule has 7 nitrogen and oxygen atoms in total. The van der Waals surface area contributed by atoms with Gasteiger partial charge in [0.25, 0.3) is 5.91 Å². The molecule has 0 aliphatic carbocycles. The van der Waals surface area contributed by atoms with Crippen LogP contribution in [0.4, 0.5) is 14.9 Å². The highest BCUT2D eigenvalue weighted by molar-refractivity contribution is 6.06. The molecule has 160 valence electrons. The molecule has 0 radical (unpaired) electrons. The predicted molar refractivity (Wildman–Crippen MR) is 117 cm³/mol. The second kappa shape index (κ2) is 7.54. The smallest absolute Gasteiger partial charge is 0.319 e. The quantitative estimate of drug-likeness (QED) is 0.506. The molecule has 0 unspecified atom stereocenters. The molecule has 1 aliphatic rings. The van der Waals surface area contributed by atoms with Gasteiger partial charge in [0.2, 0.25) is 0 Å². The van der Waals surface area contributed by atoms with E-state index >= 15 is 4.39 Å². The number of H-pyrrole nitrogens is 1. The number of amides is 3. The Labute approximate surface area is 179 Å². The van der Waals surface area contributed by atoms with Crippen molar-refractivity contribution in [2.45, 2.75) is 39.8 Å². The molecule has 0 spiro atoms. The zero-order valence-corrected chi connectivity index (χ0v) is 17.8. The molecule has 31 heavy (non-hydrogen) atoms. The van der Waals surface area contributed by atoms with Gasteiger partial charge in [-0.2, -0.15) is 0 Å². The lowest BCUT2D eigenvalue weighted by Crippen LogP contribution is -2.43. The molecule has 3 amide bonds. The van der Waals surface area contributed by atoms with Crippen LogP contribution in [0.2, 0.25) is 0 Å². The fourth-order valence-electron chi connectivity index (χ4n) is 3.66. The van der Waals surface area contributed by atoms with E-state index < -0.39 is 17.4 Å². The van der Waals surface area contributed by atoms with Crippen LogP contribution in [0.5, 0.6) is 0 Å². The van der Waals surface area contributed by atoms with Crippen LogP contribution in [0.3, 0.4) is 0 Å². The Balaban J connectivity index is 1.69. The molecule has 2 heterocycles. The third-order valence-electron chi connectivity index (χ3n) is 4.93. The van der Waals surface area contributed by atoms with E-state index in [2.05, 4.69) is 25.9 Å². The number of nitrogens with one attached hydrogen (secondary N) is 4. The average Bonchev–Trinajstić information content (AvgIpc) is 3.26. The van der Waals surface area contributed by atoms with Crippen molar-refractivity contribution in [1.29, 1.82) is 0 Å². The van der Waals surface area contributed by atoms with Crippen molar-refractivity contribution in [1.82, 2.24) is 20.6 Å². The Morgan fingerprint density at radius 3 is 2.48 bits per heavy atom. The monoisotopic (exact) mass is 421 g/mol. The third-order valence-corrected chi connectivity index (χ3v) is 4.93. The Morgan fingerprint density at radius 1 is 1.13 bits per heavy atom. The van der Waals surface area contributed by atoms with Crippen LogP contribution in [-0.4, -0.2) is 27.4 Å². The van der Waals surface area contributed by atoms with Gasteiger partial charge in [-0.3, -0.25) is 4.79 Å². The first-order chi connectivity index (χ1) is 14.6. The number of rotatable bonds is 3. The fourth-order valence-corrected chi connectivity index (χ4v) is 3.66. The van der Waals surface area contributed by atoms with Gasteiger partial charge >= 0.3 is 6.03 Å². The maximum atomic E-state index is 15.0. The number of urea groups is 1. The van der Waals surface area contributed by atoms with E-state index in [0.717, 1.165) is 11.3 Å². The highest BCUT2D eigenvalue weighted by atomic mass is 19.1. The molecule has 0 saturated carbocycles. The van der Waals surface area contributed by atoms with Crippen molar-refractivity contribution >= 4 is 17.6 Å². The van der Waals surface area contributed by atoms with E-state index in [9.17, 15) is 9.59 Å². The fraction of sp³-hybridized carbons (Fsp3) is 0.261. The summed E-state index contributed by atoms with van der Waals surface area (Å²) in [4.78, 5) is 32.1. The number of hydrogen-bond acceptors (Lipinski definition) is 3. The average molecular weight is 421 g/mol. The first-order valence-corrected chi connectivity index (χ1v) is 9.97. The summed E-state index contributed by atoms with van der Waals surface area (Å²) in [7, 11) is 0. The minimum atomic E-state index is -0.489. The van der Waals surface area contributed by atoms with Gasteiger partial charge in [-0.05, 0) is 63.1 Å². The van der Waals surface area contributed by atoms with Gasteiger partial charge in [-0.25, -0.2) is 14.2 Å². The summed E-state index contributed by atoms with van der Waals surface area (Å²) in [5, 5.41) is 8.23. The van der Waals surface area contributed by atoms with Gasteiger partial charge in [-0.1, -0.05) is 6.07 Å². The second-order valence-electron chi connectivity index (χ2n) is 8.64. The van der Waals surface area contributed by atoms with E-state index in [1.54, 1.807) is 30.5 Å². The number of benzene rings is 2. The maximum Gasteiger partial charge on any atom is 0.319 e. The molecule has 0 fully saturated rings. The minimum absolute atomic E-state index is 0.210. The molecular weight excluding hydrogens is 397 g/mol. The van der Waals surface area contributed by atoms with Crippen molar-refractivity contribution in [2.75, 3.05) is 5.32 Å². The highest BCUT2D eigenvalue weighted by Gasteiger charge is 2.28. The molecule has 3 aromatic rings. The minimum Gasteiger partial charge on any atom is -0.348 e. The number of carbonyl (C=O) groups excluding carboxylic acids is 2. The van der Waals surface area contributed by atoms with Crippen molar-refractivity contribution in [3.63, 3.8) is 0 Å². The molecule has 1 aromatic heterocycles. The van der Waals surface area contributed by atoms with E-state index in [0.29, 0.717) is 40.3 Å². The normalized spacial score (nSPS) is 13.0. The number of halogens is 1. The molecular formula is C23H24FN5O2. The van der Waals surface area contributed by atoms with Gasteiger partial charge in [0.05, 0.1) is 5.56 Å². The zero-order valence-electron chi connectivity index (χ0n) is 17.8. The number of hydrogen-bond donors (Lipinski definition) is 4. The van der Waals surface area contributed by atoms with Crippen LogP contribution in [0.15, 0.2) is 36.5 Å². The largest absolute Gasteiger partial charge is 0.348 e. The number of fused-ring (bicyclic) bond motifs is 1. The highest BCUT2D eigenvalue weighted by Crippen LogP contribution is 2.36. The standard InChI is InChI=1S/C23H24FN5O2/c1-12-10-25-20(27-12)16-8-7-14(17-11-26-21(30)19(16)17)15-6-5-13(9-18(15)24)28-22(31)29-23(2,3)4/h5-10H,11H2,1-4H3,(H,25,27)(H,26,30)(H2,28,29,31). The molecule has 4 rings (SSSR count). The van der Waals surface area contributed by atoms with Crippen LogP contribution in [0.25, 0.3) is 22.5 Å². The first kappa shape index (κ1) is 20.6. The Kier molecular flexibility index (Phi) is 5.00. The van der Waals surface area contributed by atoms with Gasteiger partial charge in [-0.15, -0.1) is 0 Å². The summed E-state index contributed by atoms with van der Waals surface area (Å²) in [6.45, 7) is 7.78. The van der Waals surface area contributed by atoms with Crippen molar-refractivity contribution in [2.24, 2.45) is 0 Å². The third kappa shape index (κ3) is 4.14. The molecule has 0 atom stereocenters. The summed E-state index contributed by atoms with van der Waals surface area (Å²) < 4.78 is 15.0. The maximum absolute atomic E-state index is 15.0. The molecule has 2 aromatic carbocycles. The predicted octanol–water partition coefficient (Wildman–Crippen LogP) is 4.35. The number of aromatic nitrogens is 2. The molecule has 8 heteroatoms. The lowest BCUT2D eigenvalue weighted by Gasteiger charge is -2.21. The zero-order chi connectivity index (χ0) is 22.3. The van der Waals surface area contributed by atoms with Crippen LogP contribution in [0, 0.1) is 12.7 Å². The van der Waals surface area contributed by atoms with Crippen molar-refractivity contribution in [3.8, 4) is 22.5 Å². The second-order valence-corrected chi connectivity index (χ2v) is 8.64. The van der Waals surface area contributed by atoms with Crippen LogP contribution < -0.4 is 16.0 Å². The number of aryl methyl sites for hydroxylation is 1. The topological polar surface area (TPSA) is 98.9 Å². The van der Waals surface area contributed by atoms with Gasteiger partial charge in [0, 0.05) is 40.8 Å². The molecule has 4 N–H and O–H groups in total. The Bertz CT molecular complexity index is 1190. The van der Waals surface area contributed by atoms with Crippen LogP contribution >= 0.6 is 0 Å². The summed E-state index contributed by atoms with van der Waals surface area (Å²) in [6.07, 6.45) is 1.70. The van der Waals surface area contributed by atoms with E-state index in [1.165, 1.54) is 6.07 Å². The Hall–Kier alpha value is -3.68. The SMILES string of the molecule is Cc1cnc(-c2ccc(-c3ccc(NC(=O)NC(C)(C)C)cc3F)c3c2C(=O)NC3)[nH]1. The van der Waals surface area contributed by atoms with E-state index in [1.807, 2.05) is 27.7 Å². The van der Waals surface area contributed by atoms with Gasteiger partial charge in [0.15, 0.2) is 0 Å². The number of aromatic amines is 1. The number of carbonyl (C=O) groups is 2. The lowest BCUT2D eigenvalue weighted by atomic mass is 9.92. The van der Waals surface area contributed by atoms with Crippen molar-refractivity contribution < 1.29 is 14.0 Å². The molecule has 1 aliphatic heterocycles. The number of nitrogens with zero attached hydrogens (tertiary/aromatic N) is 1. The van der Waals surface area contributed by atoms with Crippen molar-refractivity contribution in [3.05, 3.63) is 59.2 Å². The summed E-state index contributed by atoms with van der Waals surface area (Å²) >= 11 is 0. The summed E-state index contributed by atoms with van der Waals surface area (Å²) in [5.74, 6) is -0.0996. The number of anilines is 1. The lowest BCUT2D eigenvalue weighted by molar-refractivity contribution is 0.0966. The molecule has 0 bridgehead atoms. The molecule has 0 saturated heterocycles. The Morgan fingerprint density at radius 2 is 1.84 bits per heavy atom. The van der Waals surface area contributed by atoms with E-state index in [-0.39, 0.29) is 5.91 Å². The number of imidazole rings is 1. The summed E-state index contributed by atoms with van der Waals surface area (Å²) in [6, 6.07) is 7.69. The van der Waals surface area contributed by atoms with Gasteiger partial charge < -0.3 is 20.9 Å².